The summed E-state index contributed by atoms with van der Waals surface area (Å²) in [5.41, 5.74) is 9.21. The van der Waals surface area contributed by atoms with E-state index in [1.807, 2.05) is 0 Å². The molecule has 0 bridgehead atoms. The van der Waals surface area contributed by atoms with Gasteiger partial charge in [-0.2, -0.15) is 0 Å². The molecule has 0 spiro atoms. The molecule has 1 aliphatic carbocycles. The molecular formula is C46H52. The third-order valence-electron chi connectivity index (χ3n) is 11.2. The Morgan fingerprint density at radius 2 is 1.02 bits per heavy atom. The molecule has 0 saturated heterocycles. The van der Waals surface area contributed by atoms with Crippen LogP contribution in [0.3, 0.4) is 0 Å². The smallest absolute Gasteiger partial charge is 0.00405 e. The van der Waals surface area contributed by atoms with E-state index in [1.165, 1.54) is 59.1 Å². The zero-order chi connectivity index (χ0) is 31.8. The Balaban J connectivity index is 1.42. The average Bonchev–Trinajstić information content (AvgIpc) is 3.92. The molecule has 5 unspecified atom stereocenters. The van der Waals surface area contributed by atoms with E-state index < -0.39 is 0 Å². The summed E-state index contributed by atoms with van der Waals surface area (Å²) in [6, 6.07) is 55.4. The summed E-state index contributed by atoms with van der Waals surface area (Å²) in [6.45, 7) is 7.05. The molecule has 1 fully saturated rings. The molecule has 0 N–H and O–H groups in total. The largest absolute Gasteiger partial charge is 0.0648 e. The number of rotatable bonds is 15. The molecule has 1 saturated carbocycles. The van der Waals surface area contributed by atoms with Crippen LogP contribution in [0.4, 0.5) is 0 Å². The van der Waals surface area contributed by atoms with Crippen molar-refractivity contribution in [1.82, 2.24) is 0 Å². The maximum atomic E-state index is 2.46. The Morgan fingerprint density at radius 1 is 0.522 bits per heavy atom. The van der Waals surface area contributed by atoms with Crippen molar-refractivity contribution in [3.63, 3.8) is 0 Å². The maximum absolute atomic E-state index is 2.46. The summed E-state index contributed by atoms with van der Waals surface area (Å²) in [4.78, 5) is 0. The Hall–Kier alpha value is -3.90. The molecule has 46 heavy (non-hydrogen) atoms. The van der Waals surface area contributed by atoms with Crippen molar-refractivity contribution in [2.45, 2.75) is 94.8 Å². The Kier molecular flexibility index (Phi) is 10.5. The van der Waals surface area contributed by atoms with Gasteiger partial charge in [-0.15, -0.1) is 0 Å². The predicted octanol–water partition coefficient (Wildman–Crippen LogP) is 12.6. The van der Waals surface area contributed by atoms with E-state index in [0.717, 1.165) is 19.3 Å². The van der Waals surface area contributed by atoms with Crippen LogP contribution in [0.25, 0.3) is 0 Å². The first-order valence-electron chi connectivity index (χ1n) is 17.9. The van der Waals surface area contributed by atoms with E-state index in [9.17, 15) is 0 Å². The number of hydrogen-bond donors (Lipinski definition) is 0. The quantitative estimate of drug-likeness (QED) is 0.111. The van der Waals surface area contributed by atoms with Crippen LogP contribution in [0.2, 0.25) is 0 Å². The zero-order valence-corrected chi connectivity index (χ0v) is 28.2. The van der Waals surface area contributed by atoms with E-state index in [2.05, 4.69) is 166 Å². The van der Waals surface area contributed by atoms with Gasteiger partial charge in [-0.3, -0.25) is 0 Å². The van der Waals surface area contributed by atoms with Crippen LogP contribution in [0.5, 0.6) is 0 Å². The highest BCUT2D eigenvalue weighted by molar-refractivity contribution is 5.35. The molecule has 0 radical (unpaired) electrons. The van der Waals surface area contributed by atoms with Crippen LogP contribution in [0.1, 0.15) is 116 Å². The van der Waals surface area contributed by atoms with Gasteiger partial charge in [0.1, 0.15) is 0 Å². The Bertz CT molecular complexity index is 1580. The molecule has 0 aromatic heterocycles. The third kappa shape index (κ3) is 7.55. The molecule has 0 heteroatoms. The van der Waals surface area contributed by atoms with Gasteiger partial charge < -0.3 is 0 Å². The summed E-state index contributed by atoms with van der Waals surface area (Å²) < 4.78 is 0. The molecule has 1 aliphatic rings. The third-order valence-corrected chi connectivity index (χ3v) is 11.2. The van der Waals surface area contributed by atoms with Gasteiger partial charge >= 0.3 is 0 Å². The van der Waals surface area contributed by atoms with Crippen molar-refractivity contribution in [3.8, 4) is 0 Å². The molecular weight excluding hydrogens is 553 g/mol. The van der Waals surface area contributed by atoms with Gasteiger partial charge in [-0.25, -0.2) is 0 Å². The van der Waals surface area contributed by atoms with Gasteiger partial charge in [0.15, 0.2) is 0 Å². The molecule has 0 amide bonds. The normalized spacial score (nSPS) is 17.0. The SMILES string of the molecule is CCC(C)c1ccc(C(CC)C(Cc2ccccc2)C(CC(CC2(c3ccccc3)CC2)c2ccccc2)c2ccccc2)cc1. The second-order valence-electron chi connectivity index (χ2n) is 14.1. The number of hydrogen-bond acceptors (Lipinski definition) is 0. The highest BCUT2D eigenvalue weighted by atomic mass is 14.5. The second kappa shape index (κ2) is 15.1. The minimum absolute atomic E-state index is 0.299. The van der Waals surface area contributed by atoms with E-state index >= 15 is 0 Å². The predicted molar refractivity (Wildman–Crippen MR) is 197 cm³/mol. The second-order valence-corrected chi connectivity index (χ2v) is 14.1. The first kappa shape index (κ1) is 32.1. The minimum Gasteiger partial charge on any atom is -0.0648 e. The highest BCUT2D eigenvalue weighted by Crippen LogP contribution is 2.56. The van der Waals surface area contributed by atoms with Crippen LogP contribution in [-0.2, 0) is 11.8 Å². The first-order valence-corrected chi connectivity index (χ1v) is 17.9. The lowest BCUT2D eigenvalue weighted by atomic mass is 9.66. The van der Waals surface area contributed by atoms with Crippen molar-refractivity contribution in [1.29, 1.82) is 0 Å². The van der Waals surface area contributed by atoms with Crippen molar-refractivity contribution < 1.29 is 0 Å². The zero-order valence-electron chi connectivity index (χ0n) is 28.2. The fourth-order valence-corrected chi connectivity index (χ4v) is 8.20. The molecule has 0 nitrogen and oxygen atoms in total. The van der Waals surface area contributed by atoms with Gasteiger partial charge in [0, 0.05) is 0 Å². The molecule has 0 aliphatic heterocycles. The molecule has 5 atom stereocenters. The van der Waals surface area contributed by atoms with Gasteiger partial charge in [0.05, 0.1) is 0 Å². The highest BCUT2D eigenvalue weighted by Gasteiger charge is 2.46. The van der Waals surface area contributed by atoms with E-state index in [4.69, 9.17) is 0 Å². The van der Waals surface area contributed by atoms with Gasteiger partial charge in [0.2, 0.25) is 0 Å². The van der Waals surface area contributed by atoms with Crippen molar-refractivity contribution in [2.24, 2.45) is 5.92 Å². The molecule has 6 rings (SSSR count). The monoisotopic (exact) mass is 604 g/mol. The van der Waals surface area contributed by atoms with Gasteiger partial charge in [0.25, 0.3) is 0 Å². The Labute approximate surface area is 278 Å². The molecule has 236 valence electrons. The lowest BCUT2D eigenvalue weighted by Gasteiger charge is -2.37. The maximum Gasteiger partial charge on any atom is -0.00405 e. The molecule has 5 aromatic rings. The summed E-state index contributed by atoms with van der Waals surface area (Å²) in [5.74, 6) is 2.45. The average molecular weight is 605 g/mol. The number of benzene rings is 5. The summed E-state index contributed by atoms with van der Waals surface area (Å²) in [5, 5.41) is 0. The van der Waals surface area contributed by atoms with E-state index in [0.29, 0.717) is 35.0 Å². The summed E-state index contributed by atoms with van der Waals surface area (Å²) >= 11 is 0. The van der Waals surface area contributed by atoms with Gasteiger partial charge in [-0.05, 0) is 113 Å². The minimum atomic E-state index is 0.299. The van der Waals surface area contributed by atoms with Crippen LogP contribution in [0.15, 0.2) is 146 Å². The molecule has 5 aromatic carbocycles. The Morgan fingerprint density at radius 3 is 1.57 bits per heavy atom. The fourth-order valence-electron chi connectivity index (χ4n) is 8.20. The van der Waals surface area contributed by atoms with E-state index in [1.54, 1.807) is 0 Å². The first-order chi connectivity index (χ1) is 22.6. The standard InChI is InChI=1S/C46H52/c1-4-35(3)37-26-28-40(29-27-37)43(5-2)45(32-36-18-10-6-11-19-36)44(39-22-14-8-15-23-39)33-41(38-20-12-7-13-21-38)34-46(30-31-46)42-24-16-9-17-25-42/h6-29,35,41,43-45H,4-5,30-34H2,1-3H3. The van der Waals surface area contributed by atoms with Crippen LogP contribution < -0.4 is 0 Å². The fraction of sp³-hybridized carbons (Fsp3) is 0.348. The van der Waals surface area contributed by atoms with Crippen LogP contribution >= 0.6 is 0 Å². The van der Waals surface area contributed by atoms with Gasteiger partial charge in [-0.1, -0.05) is 166 Å². The lowest BCUT2D eigenvalue weighted by Crippen LogP contribution is -2.26. The van der Waals surface area contributed by atoms with Crippen LogP contribution in [-0.4, -0.2) is 0 Å². The lowest BCUT2D eigenvalue weighted by molar-refractivity contribution is 0.301. The molecule has 0 heterocycles. The summed E-state index contributed by atoms with van der Waals surface area (Å²) in [7, 11) is 0. The summed E-state index contributed by atoms with van der Waals surface area (Å²) in [6.07, 6.45) is 8.34. The van der Waals surface area contributed by atoms with Crippen molar-refractivity contribution in [3.05, 3.63) is 179 Å². The topological polar surface area (TPSA) is 0 Å². The van der Waals surface area contributed by atoms with Crippen molar-refractivity contribution >= 4 is 0 Å². The van der Waals surface area contributed by atoms with E-state index in [-0.39, 0.29) is 0 Å². The van der Waals surface area contributed by atoms with Crippen molar-refractivity contribution in [2.75, 3.05) is 0 Å². The van der Waals surface area contributed by atoms with Crippen LogP contribution in [0, 0.1) is 5.92 Å².